The summed E-state index contributed by atoms with van der Waals surface area (Å²) >= 11 is 1.44. The molecular formula is C18H29NO3S. The molecule has 1 aromatic rings. The first-order valence-electron chi connectivity index (χ1n) is 8.47. The van der Waals surface area contributed by atoms with Crippen molar-refractivity contribution in [2.24, 2.45) is 0 Å². The summed E-state index contributed by atoms with van der Waals surface area (Å²) in [7, 11) is 0. The van der Waals surface area contributed by atoms with Crippen molar-refractivity contribution in [3.05, 3.63) is 16.0 Å². The third-order valence-electron chi connectivity index (χ3n) is 3.69. The summed E-state index contributed by atoms with van der Waals surface area (Å²) in [5, 5.41) is 3.51. The molecule has 5 heteroatoms. The van der Waals surface area contributed by atoms with Crippen molar-refractivity contribution in [2.75, 3.05) is 5.32 Å². The Labute approximate surface area is 143 Å². The van der Waals surface area contributed by atoms with Gasteiger partial charge >= 0.3 is 5.97 Å². The summed E-state index contributed by atoms with van der Waals surface area (Å²) in [5.74, 6) is -0.388. The van der Waals surface area contributed by atoms with Crippen molar-refractivity contribution >= 4 is 28.2 Å². The van der Waals surface area contributed by atoms with Crippen molar-refractivity contribution in [3.8, 4) is 0 Å². The molecule has 4 nitrogen and oxygen atoms in total. The van der Waals surface area contributed by atoms with Crippen LogP contribution in [0, 0.1) is 13.8 Å². The largest absolute Gasteiger partial charge is 0.459 e. The van der Waals surface area contributed by atoms with E-state index < -0.39 is 0 Å². The Hall–Kier alpha value is -1.36. The number of esters is 1. The zero-order chi connectivity index (χ0) is 17.4. The maximum Gasteiger partial charge on any atom is 0.341 e. The molecule has 0 aliphatic heterocycles. The predicted molar refractivity (Wildman–Crippen MR) is 96.4 cm³/mol. The number of ether oxygens (including phenoxy) is 1. The van der Waals surface area contributed by atoms with Crippen LogP contribution in [-0.4, -0.2) is 18.0 Å². The van der Waals surface area contributed by atoms with Gasteiger partial charge in [0.25, 0.3) is 0 Å². The normalized spacial score (nSPS) is 10.9. The predicted octanol–water partition coefficient (Wildman–Crippen LogP) is 5.23. The molecule has 0 aliphatic carbocycles. The number of hydrogen-bond donors (Lipinski definition) is 1. The summed E-state index contributed by atoms with van der Waals surface area (Å²) < 4.78 is 5.29. The van der Waals surface area contributed by atoms with Crippen LogP contribution in [0.2, 0.25) is 0 Å². The van der Waals surface area contributed by atoms with E-state index in [1.165, 1.54) is 30.6 Å². The Balaban J connectivity index is 2.67. The van der Waals surface area contributed by atoms with E-state index in [-0.39, 0.29) is 18.0 Å². The molecule has 1 rings (SSSR count). The Morgan fingerprint density at radius 3 is 2.39 bits per heavy atom. The van der Waals surface area contributed by atoms with Crippen LogP contribution in [0.15, 0.2) is 0 Å². The van der Waals surface area contributed by atoms with Gasteiger partial charge in [0.05, 0.1) is 11.7 Å². The van der Waals surface area contributed by atoms with E-state index in [9.17, 15) is 9.59 Å². The molecule has 0 bridgehead atoms. The van der Waals surface area contributed by atoms with Crippen molar-refractivity contribution in [2.45, 2.75) is 79.2 Å². The molecule has 0 atom stereocenters. The third-order valence-corrected chi connectivity index (χ3v) is 4.82. The Kier molecular flexibility index (Phi) is 8.31. The number of amides is 1. The Morgan fingerprint density at radius 1 is 1.13 bits per heavy atom. The van der Waals surface area contributed by atoms with Crippen molar-refractivity contribution in [1.82, 2.24) is 0 Å². The highest BCUT2D eigenvalue weighted by molar-refractivity contribution is 7.16. The van der Waals surface area contributed by atoms with Gasteiger partial charge in [0, 0.05) is 11.3 Å². The number of nitrogens with one attached hydrogen (secondary N) is 1. The van der Waals surface area contributed by atoms with Crippen LogP contribution in [0.3, 0.4) is 0 Å². The van der Waals surface area contributed by atoms with E-state index in [1.807, 2.05) is 27.7 Å². The number of anilines is 1. The fraction of sp³-hybridized carbons (Fsp3) is 0.667. The molecule has 0 aliphatic rings. The molecule has 0 aromatic carbocycles. The molecule has 0 unspecified atom stereocenters. The topological polar surface area (TPSA) is 55.4 Å². The van der Waals surface area contributed by atoms with Crippen molar-refractivity contribution in [1.29, 1.82) is 0 Å². The van der Waals surface area contributed by atoms with E-state index in [2.05, 4.69) is 12.2 Å². The molecule has 1 N–H and O–H groups in total. The van der Waals surface area contributed by atoms with Crippen LogP contribution >= 0.6 is 11.3 Å². The minimum atomic E-state index is -0.361. The number of rotatable bonds is 9. The fourth-order valence-corrected chi connectivity index (χ4v) is 3.38. The lowest BCUT2D eigenvalue weighted by Gasteiger charge is -2.10. The zero-order valence-corrected chi connectivity index (χ0v) is 15.8. The molecule has 1 amide bonds. The van der Waals surface area contributed by atoms with Gasteiger partial charge in [-0.25, -0.2) is 4.79 Å². The van der Waals surface area contributed by atoms with E-state index in [1.54, 1.807) is 0 Å². The number of thiophene rings is 1. The highest BCUT2D eigenvalue weighted by atomic mass is 32.1. The highest BCUT2D eigenvalue weighted by Gasteiger charge is 2.22. The second kappa shape index (κ2) is 9.71. The van der Waals surface area contributed by atoms with Crippen molar-refractivity contribution < 1.29 is 14.3 Å². The lowest BCUT2D eigenvalue weighted by molar-refractivity contribution is -0.116. The third kappa shape index (κ3) is 6.34. The minimum absolute atomic E-state index is 0.0265. The average molecular weight is 340 g/mol. The van der Waals surface area contributed by atoms with Crippen LogP contribution < -0.4 is 5.32 Å². The van der Waals surface area contributed by atoms with Crippen molar-refractivity contribution in [3.63, 3.8) is 0 Å². The number of carbonyl (C=O) groups excluding carboxylic acids is 2. The first-order valence-corrected chi connectivity index (χ1v) is 9.29. The van der Waals surface area contributed by atoms with Gasteiger partial charge in [-0.05, 0) is 39.7 Å². The van der Waals surface area contributed by atoms with E-state index in [0.29, 0.717) is 17.0 Å². The monoisotopic (exact) mass is 339 g/mol. The summed E-state index contributed by atoms with van der Waals surface area (Å²) in [6.07, 6.45) is 5.87. The van der Waals surface area contributed by atoms with Gasteiger partial charge in [-0.2, -0.15) is 0 Å². The van der Waals surface area contributed by atoms with Crippen LogP contribution in [0.5, 0.6) is 0 Å². The maximum absolute atomic E-state index is 12.3. The Bertz CT molecular complexity index is 535. The molecule has 1 heterocycles. The molecule has 0 fully saturated rings. The lowest BCUT2D eigenvalue weighted by atomic mass is 10.1. The van der Waals surface area contributed by atoms with Gasteiger partial charge in [-0.1, -0.05) is 32.6 Å². The Morgan fingerprint density at radius 2 is 1.78 bits per heavy atom. The van der Waals surface area contributed by atoms with Gasteiger partial charge in [0.2, 0.25) is 5.91 Å². The van der Waals surface area contributed by atoms with E-state index in [0.717, 1.165) is 23.3 Å². The van der Waals surface area contributed by atoms with Gasteiger partial charge in [-0.3, -0.25) is 4.79 Å². The van der Waals surface area contributed by atoms with Gasteiger partial charge in [0.15, 0.2) is 0 Å². The van der Waals surface area contributed by atoms with Crippen LogP contribution in [0.4, 0.5) is 5.00 Å². The molecular weight excluding hydrogens is 310 g/mol. The highest BCUT2D eigenvalue weighted by Crippen LogP contribution is 2.33. The molecule has 0 saturated carbocycles. The number of hydrogen-bond acceptors (Lipinski definition) is 4. The standard InChI is InChI=1S/C18H29NO3S/c1-6-7-8-9-10-11-15(20)19-17-16(13(4)14(5)23-17)18(21)22-12(2)3/h12H,6-11H2,1-5H3,(H,19,20). The molecule has 0 saturated heterocycles. The zero-order valence-electron chi connectivity index (χ0n) is 15.0. The maximum atomic E-state index is 12.3. The van der Waals surface area contributed by atoms with E-state index >= 15 is 0 Å². The molecule has 0 radical (unpaired) electrons. The average Bonchev–Trinajstić information content (AvgIpc) is 2.72. The fourth-order valence-electron chi connectivity index (χ4n) is 2.31. The summed E-state index contributed by atoms with van der Waals surface area (Å²) in [4.78, 5) is 25.4. The SMILES string of the molecule is CCCCCCCC(=O)Nc1sc(C)c(C)c1C(=O)OC(C)C. The number of carbonyl (C=O) groups is 2. The lowest BCUT2D eigenvalue weighted by Crippen LogP contribution is -2.16. The molecule has 0 spiro atoms. The van der Waals surface area contributed by atoms with Gasteiger partial charge < -0.3 is 10.1 Å². The second-order valence-electron chi connectivity index (χ2n) is 6.15. The van der Waals surface area contributed by atoms with Gasteiger partial charge in [-0.15, -0.1) is 11.3 Å². The first-order chi connectivity index (χ1) is 10.9. The number of aryl methyl sites for hydroxylation is 1. The smallest absolute Gasteiger partial charge is 0.341 e. The van der Waals surface area contributed by atoms with Crippen LogP contribution in [-0.2, 0) is 9.53 Å². The summed E-state index contributed by atoms with van der Waals surface area (Å²) in [5.41, 5.74) is 1.39. The summed E-state index contributed by atoms with van der Waals surface area (Å²) in [6, 6.07) is 0. The summed E-state index contributed by atoms with van der Waals surface area (Å²) in [6.45, 7) is 9.66. The number of unbranched alkanes of at least 4 members (excludes halogenated alkanes) is 4. The quantitative estimate of drug-likeness (QED) is 0.495. The minimum Gasteiger partial charge on any atom is -0.459 e. The van der Waals surface area contributed by atoms with Crippen LogP contribution in [0.1, 0.15) is 80.1 Å². The molecule has 1 aromatic heterocycles. The second-order valence-corrected chi connectivity index (χ2v) is 7.38. The first kappa shape index (κ1) is 19.7. The molecule has 23 heavy (non-hydrogen) atoms. The molecule has 130 valence electrons. The van der Waals surface area contributed by atoms with Crippen LogP contribution in [0.25, 0.3) is 0 Å². The van der Waals surface area contributed by atoms with E-state index in [4.69, 9.17) is 4.74 Å². The van der Waals surface area contributed by atoms with Gasteiger partial charge in [0.1, 0.15) is 5.00 Å².